The van der Waals surface area contributed by atoms with Crippen molar-refractivity contribution < 1.29 is 21.8 Å². The summed E-state index contributed by atoms with van der Waals surface area (Å²) in [7, 11) is 1.52. The van der Waals surface area contributed by atoms with Crippen LogP contribution < -0.4 is 0 Å². The summed E-state index contributed by atoms with van der Waals surface area (Å²) in [6.07, 6.45) is 0. The molecule has 0 amide bonds. The molecule has 0 radical (unpaired) electrons. The fourth-order valence-electron chi connectivity index (χ4n) is 0. The Bertz CT molecular complexity index is 19.1. The minimum Gasteiger partial charge on any atom is -0.387 e. The average molecular weight is 160 g/mol. The fraction of sp³-hybridized carbons (Fsp3) is 0. The molecule has 0 aromatic carbocycles. The molecule has 1 unspecified atom stereocenters. The van der Waals surface area contributed by atoms with Gasteiger partial charge in [0.25, 0.3) is 9.07 Å². The maximum absolute atomic E-state index is 8.98. The summed E-state index contributed by atoms with van der Waals surface area (Å²) in [5.41, 5.74) is 0. The standard InChI is InChI=1S/Al.Cr.H3OPSi.3H/c;;1-3-2;;;/h;;3H,2H2;;;. The van der Waals surface area contributed by atoms with Crippen molar-refractivity contribution in [2.24, 2.45) is 0 Å². The average Bonchev–Trinajstić information content (AvgIpc) is 0.918. The summed E-state index contributed by atoms with van der Waals surface area (Å²) in [5, 5.41) is 0. The van der Waals surface area contributed by atoms with Gasteiger partial charge in [0.1, 0.15) is 0 Å². The van der Waals surface area contributed by atoms with E-state index in [0.29, 0.717) is 0 Å². The van der Waals surface area contributed by atoms with E-state index in [1.807, 2.05) is 0 Å². The Hall–Kier alpha value is 1.51. The van der Waals surface area contributed by atoms with Crippen LogP contribution in [-0.4, -0.2) is 26.4 Å². The molecule has 5 heavy (non-hydrogen) atoms. The topological polar surface area (TPSA) is 17.1 Å². The van der Waals surface area contributed by atoms with Crippen LogP contribution in [0.2, 0.25) is 0 Å². The van der Waals surface area contributed by atoms with Crippen LogP contribution in [0.1, 0.15) is 0 Å². The van der Waals surface area contributed by atoms with E-state index in [9.17, 15) is 0 Å². The van der Waals surface area contributed by atoms with Crippen LogP contribution in [0.25, 0.3) is 0 Å². The van der Waals surface area contributed by atoms with Crippen LogP contribution in [0.4, 0.5) is 0 Å². The first-order valence-corrected chi connectivity index (χ1v) is 3.71. The second-order valence-electron chi connectivity index (χ2n) is 0.136. The van der Waals surface area contributed by atoms with Gasteiger partial charge in [-0.2, -0.15) is 0 Å². The van der Waals surface area contributed by atoms with E-state index in [1.165, 1.54) is 0 Å². The molecule has 0 saturated carbocycles. The first-order valence-electron chi connectivity index (χ1n) is 0.569. The molecule has 0 heterocycles. The van der Waals surface area contributed by atoms with Crippen molar-refractivity contribution in [1.29, 1.82) is 0 Å². The molecule has 0 aliphatic rings. The van der Waals surface area contributed by atoms with Gasteiger partial charge >= 0.3 is 0 Å². The SMILES string of the molecule is O=[SiH]P.[AlH3].[Cr]. The van der Waals surface area contributed by atoms with E-state index < -0.39 is 9.07 Å². The number of hydrogen-bond acceptors (Lipinski definition) is 1. The molecular weight excluding hydrogens is 154 g/mol. The zero-order valence-electron chi connectivity index (χ0n) is 1.97. The Morgan fingerprint density at radius 2 is 1.60 bits per heavy atom. The monoisotopic (exact) mass is 160 g/mol. The third-order valence-corrected chi connectivity index (χ3v) is 0. The van der Waals surface area contributed by atoms with Gasteiger partial charge in [-0.15, -0.1) is 0 Å². The molecule has 0 aliphatic carbocycles. The minimum absolute atomic E-state index is 0. The van der Waals surface area contributed by atoms with E-state index >= 15 is 0 Å². The largest absolute Gasteiger partial charge is 0.387 e. The second kappa shape index (κ2) is 17.8. The first-order chi connectivity index (χ1) is 1.41. The van der Waals surface area contributed by atoms with Gasteiger partial charge < -0.3 is 4.46 Å². The van der Waals surface area contributed by atoms with Crippen molar-refractivity contribution in [3.63, 3.8) is 0 Å². The molecule has 0 N–H and O–H groups in total. The van der Waals surface area contributed by atoms with Gasteiger partial charge in [-0.25, -0.2) is 0 Å². The quantitative estimate of drug-likeness (QED) is 0.307. The van der Waals surface area contributed by atoms with Gasteiger partial charge in [0.05, 0.1) is 0 Å². The molecule has 30 valence electrons. The van der Waals surface area contributed by atoms with E-state index in [-0.39, 0.29) is 34.7 Å². The van der Waals surface area contributed by atoms with Crippen LogP contribution >= 0.6 is 8.79 Å². The van der Waals surface area contributed by atoms with Crippen molar-refractivity contribution in [3.05, 3.63) is 0 Å². The molecule has 0 spiro atoms. The zero-order valence-corrected chi connectivity index (χ0v) is 5.56. The maximum atomic E-state index is 8.98. The molecule has 1 atom stereocenters. The summed E-state index contributed by atoms with van der Waals surface area (Å²) < 4.78 is 8.98. The fourth-order valence-corrected chi connectivity index (χ4v) is 0. The molecule has 1 nitrogen and oxygen atoms in total. The minimum atomic E-state index is -0.583. The Balaban J connectivity index is -0.0000000200. The molecule has 0 aromatic heterocycles. The van der Waals surface area contributed by atoms with Crippen molar-refractivity contribution in [2.45, 2.75) is 0 Å². The molecule has 0 aromatic rings. The molecule has 0 saturated heterocycles. The molecule has 0 aliphatic heterocycles. The molecule has 0 rings (SSSR count). The van der Waals surface area contributed by atoms with Crippen LogP contribution in [-0.2, 0) is 21.8 Å². The molecular formula is H6AlCrOPSi. The van der Waals surface area contributed by atoms with Gasteiger partial charge in [-0.3, -0.25) is 0 Å². The van der Waals surface area contributed by atoms with Crippen molar-refractivity contribution in [3.8, 4) is 0 Å². The number of rotatable bonds is 0. The molecule has 5 heteroatoms. The molecule has 0 fully saturated rings. The third kappa shape index (κ3) is 29.7. The summed E-state index contributed by atoms with van der Waals surface area (Å²) in [6, 6.07) is 0. The normalized spacial score (nSPS) is 2.60. The zero-order chi connectivity index (χ0) is 2.71. The second-order valence-corrected chi connectivity index (χ2v) is 1.22. The van der Waals surface area contributed by atoms with Crippen LogP contribution in [0.15, 0.2) is 0 Å². The van der Waals surface area contributed by atoms with E-state index in [4.69, 9.17) is 4.46 Å². The van der Waals surface area contributed by atoms with Gasteiger partial charge in [0, 0.05) is 17.4 Å². The van der Waals surface area contributed by atoms with Gasteiger partial charge in [-0.1, -0.05) is 8.79 Å². The van der Waals surface area contributed by atoms with Gasteiger partial charge in [0.15, 0.2) is 17.4 Å². The van der Waals surface area contributed by atoms with E-state index in [2.05, 4.69) is 8.79 Å². The van der Waals surface area contributed by atoms with Crippen LogP contribution in [0, 0.1) is 0 Å². The first kappa shape index (κ1) is 16.0. The van der Waals surface area contributed by atoms with Crippen molar-refractivity contribution >= 4 is 35.2 Å². The van der Waals surface area contributed by atoms with Crippen molar-refractivity contribution in [2.75, 3.05) is 0 Å². The predicted octanol–water partition coefficient (Wildman–Crippen LogP) is -1.63. The maximum Gasteiger partial charge on any atom is 0.282 e. The van der Waals surface area contributed by atoms with Crippen LogP contribution in [0.5, 0.6) is 0 Å². The Labute approximate surface area is 57.1 Å². The van der Waals surface area contributed by atoms with Gasteiger partial charge in [-0.05, 0) is 0 Å². The van der Waals surface area contributed by atoms with E-state index in [0.717, 1.165) is 0 Å². The Morgan fingerprint density at radius 3 is 1.60 bits per heavy atom. The van der Waals surface area contributed by atoms with Crippen molar-refractivity contribution in [1.82, 2.24) is 0 Å². The summed E-state index contributed by atoms with van der Waals surface area (Å²) in [6.45, 7) is 0. The Morgan fingerprint density at radius 1 is 1.60 bits per heavy atom. The Kier molecular flexibility index (Phi) is 57.1. The van der Waals surface area contributed by atoms with Gasteiger partial charge in [0.2, 0.25) is 0 Å². The third-order valence-electron chi connectivity index (χ3n) is 0. The van der Waals surface area contributed by atoms with Crippen LogP contribution in [0.3, 0.4) is 0 Å². The molecule has 0 bridgehead atoms. The predicted molar refractivity (Wildman–Crippen MR) is 27.5 cm³/mol. The summed E-state index contributed by atoms with van der Waals surface area (Å²) in [5.74, 6) is 0. The number of hydrogen-bond donors (Lipinski definition) is 0. The smallest absolute Gasteiger partial charge is 0.282 e. The van der Waals surface area contributed by atoms with E-state index in [1.54, 1.807) is 0 Å². The summed E-state index contributed by atoms with van der Waals surface area (Å²) in [4.78, 5) is 0. The summed E-state index contributed by atoms with van der Waals surface area (Å²) >= 11 is 0.